The Balaban J connectivity index is 2.46. The SMILES string of the molecule is CCc1ccc(OC)c2nc3ccccc3nc12. The predicted octanol–water partition coefficient (Wildman–Crippen LogP) is 3.35. The van der Waals surface area contributed by atoms with Crippen molar-refractivity contribution in [3.05, 3.63) is 42.0 Å². The minimum Gasteiger partial charge on any atom is -0.494 e. The zero-order chi connectivity index (χ0) is 12.5. The van der Waals surface area contributed by atoms with Crippen molar-refractivity contribution >= 4 is 22.1 Å². The maximum Gasteiger partial charge on any atom is 0.146 e. The van der Waals surface area contributed by atoms with E-state index >= 15 is 0 Å². The molecule has 0 unspecified atom stereocenters. The van der Waals surface area contributed by atoms with Gasteiger partial charge in [-0.1, -0.05) is 25.1 Å². The lowest BCUT2D eigenvalue weighted by Gasteiger charge is -2.09. The van der Waals surface area contributed by atoms with Crippen molar-refractivity contribution in [2.45, 2.75) is 13.3 Å². The van der Waals surface area contributed by atoms with Crippen LogP contribution in [0.3, 0.4) is 0 Å². The van der Waals surface area contributed by atoms with Crippen LogP contribution in [-0.4, -0.2) is 17.1 Å². The van der Waals surface area contributed by atoms with Crippen LogP contribution in [0.25, 0.3) is 22.1 Å². The quantitative estimate of drug-likeness (QED) is 0.642. The highest BCUT2D eigenvalue weighted by molar-refractivity contribution is 5.91. The van der Waals surface area contributed by atoms with E-state index in [4.69, 9.17) is 9.72 Å². The number of para-hydroxylation sites is 2. The summed E-state index contributed by atoms with van der Waals surface area (Å²) in [4.78, 5) is 9.38. The van der Waals surface area contributed by atoms with Gasteiger partial charge in [-0.2, -0.15) is 0 Å². The molecule has 1 aromatic heterocycles. The standard InChI is InChI=1S/C15H14N2O/c1-3-10-8-9-13(18-2)15-14(10)16-11-6-4-5-7-12(11)17-15/h4-9H,3H2,1-2H3. The zero-order valence-corrected chi connectivity index (χ0v) is 10.5. The van der Waals surface area contributed by atoms with Gasteiger partial charge in [-0.15, -0.1) is 0 Å². The molecule has 18 heavy (non-hydrogen) atoms. The van der Waals surface area contributed by atoms with E-state index in [2.05, 4.69) is 18.0 Å². The fourth-order valence-electron chi connectivity index (χ4n) is 2.18. The summed E-state index contributed by atoms with van der Waals surface area (Å²) < 4.78 is 5.37. The van der Waals surface area contributed by atoms with Gasteiger partial charge in [0, 0.05) is 0 Å². The minimum atomic E-state index is 0.778. The summed E-state index contributed by atoms with van der Waals surface area (Å²) in [6, 6.07) is 11.9. The maximum atomic E-state index is 5.37. The van der Waals surface area contributed by atoms with Gasteiger partial charge in [-0.25, -0.2) is 9.97 Å². The molecule has 0 aliphatic carbocycles. The van der Waals surface area contributed by atoms with E-state index < -0.39 is 0 Å². The number of benzene rings is 2. The molecule has 3 nitrogen and oxygen atoms in total. The van der Waals surface area contributed by atoms with Crippen LogP contribution < -0.4 is 4.74 Å². The number of rotatable bonds is 2. The van der Waals surface area contributed by atoms with E-state index in [1.807, 2.05) is 30.3 Å². The first kappa shape index (κ1) is 11.0. The molecule has 0 radical (unpaired) electrons. The molecule has 0 spiro atoms. The summed E-state index contributed by atoms with van der Waals surface area (Å²) in [7, 11) is 1.66. The van der Waals surface area contributed by atoms with E-state index in [1.54, 1.807) is 7.11 Å². The topological polar surface area (TPSA) is 35.0 Å². The van der Waals surface area contributed by atoms with E-state index in [0.29, 0.717) is 0 Å². The monoisotopic (exact) mass is 238 g/mol. The molecule has 3 aromatic rings. The summed E-state index contributed by atoms with van der Waals surface area (Å²) in [5.41, 5.74) is 4.81. The smallest absolute Gasteiger partial charge is 0.146 e. The van der Waals surface area contributed by atoms with Gasteiger partial charge in [-0.05, 0) is 30.2 Å². The Morgan fingerprint density at radius 1 is 0.944 bits per heavy atom. The van der Waals surface area contributed by atoms with Crippen molar-refractivity contribution in [3.63, 3.8) is 0 Å². The number of ether oxygens (including phenoxy) is 1. The van der Waals surface area contributed by atoms with Gasteiger partial charge >= 0.3 is 0 Å². The molecule has 1 heterocycles. The van der Waals surface area contributed by atoms with Crippen molar-refractivity contribution < 1.29 is 4.74 Å². The normalized spacial score (nSPS) is 11.0. The summed E-state index contributed by atoms with van der Waals surface area (Å²) in [6.07, 6.45) is 0.938. The lowest BCUT2D eigenvalue weighted by molar-refractivity contribution is 0.419. The lowest BCUT2D eigenvalue weighted by atomic mass is 10.1. The molecular weight excluding hydrogens is 224 g/mol. The molecule has 0 amide bonds. The van der Waals surface area contributed by atoms with Crippen molar-refractivity contribution in [1.82, 2.24) is 9.97 Å². The van der Waals surface area contributed by atoms with E-state index in [-0.39, 0.29) is 0 Å². The lowest BCUT2D eigenvalue weighted by Crippen LogP contribution is -1.95. The van der Waals surface area contributed by atoms with Crippen molar-refractivity contribution in [2.75, 3.05) is 7.11 Å². The Bertz CT molecular complexity index is 660. The third-order valence-electron chi connectivity index (χ3n) is 3.14. The third-order valence-corrected chi connectivity index (χ3v) is 3.14. The summed E-state index contributed by atoms with van der Waals surface area (Å²) in [6.45, 7) is 2.12. The second-order valence-corrected chi connectivity index (χ2v) is 4.19. The number of fused-ring (bicyclic) bond motifs is 2. The van der Waals surface area contributed by atoms with Gasteiger partial charge in [0.25, 0.3) is 0 Å². The minimum absolute atomic E-state index is 0.778. The molecule has 3 rings (SSSR count). The van der Waals surface area contributed by atoms with Crippen LogP contribution in [0.2, 0.25) is 0 Å². The fourth-order valence-corrected chi connectivity index (χ4v) is 2.18. The van der Waals surface area contributed by atoms with Gasteiger partial charge in [0.2, 0.25) is 0 Å². The molecule has 0 N–H and O–H groups in total. The summed E-state index contributed by atoms with van der Waals surface area (Å²) in [5.74, 6) is 0.778. The van der Waals surface area contributed by atoms with Crippen molar-refractivity contribution in [2.24, 2.45) is 0 Å². The van der Waals surface area contributed by atoms with Gasteiger partial charge < -0.3 is 4.74 Å². The molecule has 2 aromatic carbocycles. The number of aryl methyl sites for hydroxylation is 1. The molecule has 0 fully saturated rings. The third kappa shape index (κ3) is 1.59. The highest BCUT2D eigenvalue weighted by Crippen LogP contribution is 2.27. The molecule has 90 valence electrons. The van der Waals surface area contributed by atoms with E-state index in [1.165, 1.54) is 5.56 Å². The summed E-state index contributed by atoms with van der Waals surface area (Å²) >= 11 is 0. The van der Waals surface area contributed by atoms with Crippen molar-refractivity contribution in [1.29, 1.82) is 0 Å². The first-order valence-electron chi connectivity index (χ1n) is 6.06. The molecule has 3 heteroatoms. The molecule has 0 aliphatic heterocycles. The first-order valence-corrected chi connectivity index (χ1v) is 6.06. The highest BCUT2D eigenvalue weighted by atomic mass is 16.5. The van der Waals surface area contributed by atoms with Gasteiger partial charge in [0.15, 0.2) is 0 Å². The first-order chi connectivity index (χ1) is 8.83. The van der Waals surface area contributed by atoms with Gasteiger partial charge in [0.05, 0.1) is 23.7 Å². The van der Waals surface area contributed by atoms with E-state index in [9.17, 15) is 0 Å². The largest absolute Gasteiger partial charge is 0.494 e. The fraction of sp³-hybridized carbons (Fsp3) is 0.200. The predicted molar refractivity (Wildman–Crippen MR) is 73.0 cm³/mol. The average Bonchev–Trinajstić information content (AvgIpc) is 2.44. The molecule has 0 bridgehead atoms. The summed E-state index contributed by atoms with van der Waals surface area (Å²) in [5, 5.41) is 0. The van der Waals surface area contributed by atoms with Crippen LogP contribution in [0, 0.1) is 0 Å². The van der Waals surface area contributed by atoms with E-state index in [0.717, 1.165) is 34.2 Å². The van der Waals surface area contributed by atoms with Gasteiger partial charge in [-0.3, -0.25) is 0 Å². The number of hydrogen-bond donors (Lipinski definition) is 0. The molecular formula is C15H14N2O. The molecule has 0 saturated heterocycles. The Morgan fingerprint density at radius 2 is 1.61 bits per heavy atom. The number of hydrogen-bond acceptors (Lipinski definition) is 3. The zero-order valence-electron chi connectivity index (χ0n) is 10.5. The second kappa shape index (κ2) is 4.26. The number of aromatic nitrogens is 2. The van der Waals surface area contributed by atoms with Crippen LogP contribution in [0.4, 0.5) is 0 Å². The van der Waals surface area contributed by atoms with Gasteiger partial charge in [0.1, 0.15) is 11.3 Å². The number of nitrogens with zero attached hydrogens (tertiary/aromatic N) is 2. The Labute approximate surface area is 105 Å². The maximum absolute atomic E-state index is 5.37. The van der Waals surface area contributed by atoms with Crippen LogP contribution >= 0.6 is 0 Å². The van der Waals surface area contributed by atoms with Crippen LogP contribution in [0.15, 0.2) is 36.4 Å². The molecule has 0 aliphatic rings. The molecule has 0 saturated carbocycles. The average molecular weight is 238 g/mol. The van der Waals surface area contributed by atoms with Crippen LogP contribution in [0.5, 0.6) is 5.75 Å². The Morgan fingerprint density at radius 3 is 2.22 bits per heavy atom. The second-order valence-electron chi connectivity index (χ2n) is 4.19. The molecule has 0 atom stereocenters. The van der Waals surface area contributed by atoms with Crippen molar-refractivity contribution in [3.8, 4) is 5.75 Å². The van der Waals surface area contributed by atoms with Crippen LogP contribution in [0.1, 0.15) is 12.5 Å². The highest BCUT2D eigenvalue weighted by Gasteiger charge is 2.09. The number of methoxy groups -OCH3 is 1. The Hall–Kier alpha value is -2.16. The van der Waals surface area contributed by atoms with Crippen LogP contribution in [-0.2, 0) is 6.42 Å². The Kier molecular flexibility index (Phi) is 2.59.